The summed E-state index contributed by atoms with van der Waals surface area (Å²) in [6, 6.07) is 1.23. The van der Waals surface area contributed by atoms with Gasteiger partial charge in [0.25, 0.3) is 0 Å². The summed E-state index contributed by atoms with van der Waals surface area (Å²) >= 11 is 0. The molecule has 0 spiro atoms. The molecule has 0 unspecified atom stereocenters. The van der Waals surface area contributed by atoms with Crippen LogP contribution in [0.25, 0.3) is 0 Å². The molecule has 0 aromatic rings. The molecule has 0 aromatic heterocycles. The molecule has 1 rings (SSSR count). The first-order valence-corrected chi connectivity index (χ1v) is 7.13. The predicted octanol–water partition coefficient (Wildman–Crippen LogP) is 1.78. The van der Waals surface area contributed by atoms with E-state index >= 15 is 0 Å². The lowest BCUT2D eigenvalue weighted by molar-refractivity contribution is 0.124. The van der Waals surface area contributed by atoms with Gasteiger partial charge in [-0.3, -0.25) is 4.90 Å². The van der Waals surface area contributed by atoms with Crippen molar-refractivity contribution in [2.24, 2.45) is 11.7 Å². The molecule has 3 heteroatoms. The van der Waals surface area contributed by atoms with Gasteiger partial charge in [0, 0.05) is 31.7 Å². The van der Waals surface area contributed by atoms with E-state index in [0.717, 1.165) is 18.5 Å². The molecule has 0 amide bonds. The van der Waals surface area contributed by atoms with Crippen molar-refractivity contribution in [3.63, 3.8) is 0 Å². The number of likely N-dealkylation sites (N-methyl/N-ethyl adjacent to an activating group) is 1. The summed E-state index contributed by atoms with van der Waals surface area (Å²) in [7, 11) is 4.31. The van der Waals surface area contributed by atoms with Crippen molar-refractivity contribution >= 4 is 0 Å². The minimum Gasteiger partial charge on any atom is -0.328 e. The molecule has 1 aliphatic rings. The summed E-state index contributed by atoms with van der Waals surface area (Å²) in [5.41, 5.74) is 5.99. The van der Waals surface area contributed by atoms with Crippen LogP contribution in [-0.4, -0.2) is 55.6 Å². The lowest BCUT2D eigenvalue weighted by atomic mass is 9.90. The molecule has 2 N–H and O–H groups in total. The van der Waals surface area contributed by atoms with Gasteiger partial charge in [0.1, 0.15) is 0 Å². The molecule has 0 saturated heterocycles. The molecule has 102 valence electrons. The van der Waals surface area contributed by atoms with Crippen LogP contribution in [0.5, 0.6) is 0 Å². The molecule has 17 heavy (non-hydrogen) atoms. The van der Waals surface area contributed by atoms with Gasteiger partial charge >= 0.3 is 0 Å². The highest BCUT2D eigenvalue weighted by Crippen LogP contribution is 2.22. The Bertz CT molecular complexity index is 196. The van der Waals surface area contributed by atoms with Crippen molar-refractivity contribution in [3.05, 3.63) is 0 Å². The Labute approximate surface area is 107 Å². The molecule has 3 nitrogen and oxygen atoms in total. The fraction of sp³-hybridized carbons (Fsp3) is 1.00. The molecule has 0 aliphatic heterocycles. The molecule has 0 heterocycles. The maximum Gasteiger partial charge on any atom is 0.0112 e. The fourth-order valence-electron chi connectivity index (χ4n) is 2.69. The molecule has 1 aliphatic carbocycles. The summed E-state index contributed by atoms with van der Waals surface area (Å²) in [6.07, 6.45) is 5.01. The standard InChI is InChI=1S/C14H31N3/c1-12(2)11-17(10-9-16(3)4)14-7-5-13(15)6-8-14/h12-14H,5-11,15H2,1-4H3. The minimum atomic E-state index is 0.459. The van der Waals surface area contributed by atoms with Gasteiger partial charge in [-0.15, -0.1) is 0 Å². The van der Waals surface area contributed by atoms with E-state index in [4.69, 9.17) is 5.73 Å². The normalized spacial score (nSPS) is 26.1. The first-order valence-electron chi connectivity index (χ1n) is 7.13. The SMILES string of the molecule is CC(C)CN(CCN(C)C)C1CCC(N)CC1. The first kappa shape index (κ1) is 14.9. The summed E-state index contributed by atoms with van der Waals surface area (Å²) in [4.78, 5) is 4.97. The lowest BCUT2D eigenvalue weighted by Crippen LogP contribution is -2.45. The first-order chi connectivity index (χ1) is 7.99. The molecule has 0 atom stereocenters. The third-order valence-corrected chi connectivity index (χ3v) is 3.69. The maximum atomic E-state index is 5.99. The summed E-state index contributed by atoms with van der Waals surface area (Å²) in [6.45, 7) is 8.22. The third-order valence-electron chi connectivity index (χ3n) is 3.69. The Morgan fingerprint density at radius 3 is 2.12 bits per heavy atom. The average molecular weight is 241 g/mol. The van der Waals surface area contributed by atoms with Crippen molar-refractivity contribution in [2.75, 3.05) is 33.7 Å². The van der Waals surface area contributed by atoms with Crippen LogP contribution in [0.1, 0.15) is 39.5 Å². The Hall–Kier alpha value is -0.120. The second-order valence-corrected chi connectivity index (χ2v) is 6.26. The molecule has 0 aromatic carbocycles. The number of rotatable bonds is 6. The van der Waals surface area contributed by atoms with Gasteiger partial charge in [-0.25, -0.2) is 0 Å². The molecule has 0 radical (unpaired) electrons. The van der Waals surface area contributed by atoms with Crippen molar-refractivity contribution in [2.45, 2.75) is 51.6 Å². The third kappa shape index (κ3) is 5.84. The fourth-order valence-corrected chi connectivity index (χ4v) is 2.69. The van der Waals surface area contributed by atoms with E-state index in [1.165, 1.54) is 38.8 Å². The topological polar surface area (TPSA) is 32.5 Å². The van der Waals surface area contributed by atoms with Crippen molar-refractivity contribution in [3.8, 4) is 0 Å². The highest BCUT2D eigenvalue weighted by molar-refractivity contribution is 4.81. The van der Waals surface area contributed by atoms with Crippen LogP contribution in [0.2, 0.25) is 0 Å². The molecule has 1 saturated carbocycles. The average Bonchev–Trinajstić information content (AvgIpc) is 2.25. The van der Waals surface area contributed by atoms with E-state index < -0.39 is 0 Å². The predicted molar refractivity (Wildman–Crippen MR) is 75.2 cm³/mol. The van der Waals surface area contributed by atoms with E-state index in [-0.39, 0.29) is 0 Å². The van der Waals surface area contributed by atoms with Crippen LogP contribution in [0.3, 0.4) is 0 Å². The van der Waals surface area contributed by atoms with E-state index in [2.05, 4.69) is 37.7 Å². The molecule has 0 bridgehead atoms. The Morgan fingerprint density at radius 2 is 1.65 bits per heavy atom. The van der Waals surface area contributed by atoms with Gasteiger partial charge in [-0.1, -0.05) is 13.8 Å². The lowest BCUT2D eigenvalue weighted by Gasteiger charge is -2.37. The van der Waals surface area contributed by atoms with E-state index in [1.54, 1.807) is 0 Å². The summed E-state index contributed by atoms with van der Waals surface area (Å²) < 4.78 is 0. The van der Waals surface area contributed by atoms with Crippen molar-refractivity contribution in [1.82, 2.24) is 9.80 Å². The minimum absolute atomic E-state index is 0.459. The van der Waals surface area contributed by atoms with Crippen LogP contribution in [0.15, 0.2) is 0 Å². The van der Waals surface area contributed by atoms with E-state index in [0.29, 0.717) is 6.04 Å². The quantitative estimate of drug-likeness (QED) is 0.769. The van der Waals surface area contributed by atoms with Gasteiger partial charge in [-0.05, 0) is 45.7 Å². The van der Waals surface area contributed by atoms with Crippen LogP contribution in [0.4, 0.5) is 0 Å². The van der Waals surface area contributed by atoms with Crippen molar-refractivity contribution < 1.29 is 0 Å². The zero-order chi connectivity index (χ0) is 12.8. The van der Waals surface area contributed by atoms with Crippen LogP contribution >= 0.6 is 0 Å². The van der Waals surface area contributed by atoms with Gasteiger partial charge < -0.3 is 10.6 Å². The van der Waals surface area contributed by atoms with Gasteiger partial charge in [0.05, 0.1) is 0 Å². The van der Waals surface area contributed by atoms with E-state index in [9.17, 15) is 0 Å². The zero-order valence-electron chi connectivity index (χ0n) is 12.2. The smallest absolute Gasteiger partial charge is 0.0112 e. The zero-order valence-corrected chi connectivity index (χ0v) is 12.2. The largest absolute Gasteiger partial charge is 0.328 e. The van der Waals surface area contributed by atoms with Gasteiger partial charge in [-0.2, -0.15) is 0 Å². The molecule has 1 fully saturated rings. The Morgan fingerprint density at radius 1 is 1.06 bits per heavy atom. The van der Waals surface area contributed by atoms with Crippen LogP contribution < -0.4 is 5.73 Å². The van der Waals surface area contributed by atoms with E-state index in [1.807, 2.05) is 0 Å². The summed E-state index contributed by atoms with van der Waals surface area (Å²) in [5.74, 6) is 0.757. The Balaban J connectivity index is 2.43. The maximum absolute atomic E-state index is 5.99. The Kier molecular flexibility index (Phi) is 6.45. The van der Waals surface area contributed by atoms with Crippen LogP contribution in [0, 0.1) is 5.92 Å². The summed E-state index contributed by atoms with van der Waals surface area (Å²) in [5, 5.41) is 0. The molecular formula is C14H31N3. The highest BCUT2D eigenvalue weighted by Gasteiger charge is 2.24. The number of hydrogen-bond acceptors (Lipinski definition) is 3. The van der Waals surface area contributed by atoms with Gasteiger partial charge in [0.15, 0.2) is 0 Å². The number of nitrogens with zero attached hydrogens (tertiary/aromatic N) is 2. The molecular weight excluding hydrogens is 210 g/mol. The number of hydrogen-bond donors (Lipinski definition) is 1. The number of nitrogens with two attached hydrogens (primary N) is 1. The van der Waals surface area contributed by atoms with Crippen LogP contribution in [-0.2, 0) is 0 Å². The van der Waals surface area contributed by atoms with Gasteiger partial charge in [0.2, 0.25) is 0 Å². The van der Waals surface area contributed by atoms with Crippen molar-refractivity contribution in [1.29, 1.82) is 0 Å². The second-order valence-electron chi connectivity index (χ2n) is 6.26. The second kappa shape index (κ2) is 7.34. The highest BCUT2D eigenvalue weighted by atomic mass is 15.2. The monoisotopic (exact) mass is 241 g/mol.